The zero-order valence-electron chi connectivity index (χ0n) is 25.3. The first-order valence-electron chi connectivity index (χ1n) is 15.8. The Hall–Kier alpha value is -3.70. The van der Waals surface area contributed by atoms with Crippen LogP contribution in [0.3, 0.4) is 0 Å². The summed E-state index contributed by atoms with van der Waals surface area (Å²) in [6.07, 6.45) is 6.79. The van der Waals surface area contributed by atoms with E-state index in [0.29, 0.717) is 17.9 Å². The second-order valence-corrected chi connectivity index (χ2v) is 11.9. The highest BCUT2D eigenvalue weighted by molar-refractivity contribution is 5.94. The van der Waals surface area contributed by atoms with Gasteiger partial charge in [0, 0.05) is 49.8 Å². The van der Waals surface area contributed by atoms with Crippen molar-refractivity contribution in [1.82, 2.24) is 19.6 Å². The summed E-state index contributed by atoms with van der Waals surface area (Å²) in [7, 11) is 1.98. The highest BCUT2D eigenvalue weighted by Gasteiger charge is 2.32. The lowest BCUT2D eigenvalue weighted by Gasteiger charge is -2.34. The van der Waals surface area contributed by atoms with Crippen LogP contribution >= 0.6 is 0 Å². The lowest BCUT2D eigenvalue weighted by molar-refractivity contribution is 0.0729. The molecule has 3 aromatic carbocycles. The molecule has 4 aromatic rings. The highest BCUT2D eigenvalue weighted by Crippen LogP contribution is 2.33. The van der Waals surface area contributed by atoms with Crippen molar-refractivity contribution in [1.29, 1.82) is 0 Å². The minimum atomic E-state index is 0.154. The molecule has 42 heavy (non-hydrogen) atoms. The molecule has 0 N–H and O–H groups in total. The molecule has 6 rings (SSSR count). The van der Waals surface area contributed by atoms with Crippen molar-refractivity contribution in [3.8, 4) is 0 Å². The fourth-order valence-corrected chi connectivity index (χ4v) is 6.64. The highest BCUT2D eigenvalue weighted by atomic mass is 16.2. The number of benzene rings is 3. The number of piperidine rings is 1. The first-order valence-corrected chi connectivity index (χ1v) is 15.8. The molecule has 1 aliphatic heterocycles. The minimum Gasteiger partial charge on any atom is -0.339 e. The van der Waals surface area contributed by atoms with Gasteiger partial charge in [-0.2, -0.15) is 5.10 Å². The fourth-order valence-electron chi connectivity index (χ4n) is 6.64. The molecule has 220 valence electrons. The Morgan fingerprint density at radius 1 is 0.833 bits per heavy atom. The van der Waals surface area contributed by atoms with Gasteiger partial charge in [0.2, 0.25) is 0 Å². The molecule has 1 saturated heterocycles. The van der Waals surface area contributed by atoms with Crippen molar-refractivity contribution in [3.05, 3.63) is 126 Å². The number of hydrogen-bond donors (Lipinski definition) is 0. The van der Waals surface area contributed by atoms with Gasteiger partial charge in [0.15, 0.2) is 0 Å². The number of likely N-dealkylation sites (tertiary alicyclic amines) is 1. The average Bonchev–Trinajstić information content (AvgIpc) is 3.70. The quantitative estimate of drug-likeness (QED) is 0.226. The van der Waals surface area contributed by atoms with E-state index in [9.17, 15) is 4.79 Å². The van der Waals surface area contributed by atoms with Crippen LogP contribution < -0.4 is 0 Å². The van der Waals surface area contributed by atoms with Gasteiger partial charge in [-0.05, 0) is 81.8 Å². The van der Waals surface area contributed by atoms with Gasteiger partial charge in [-0.1, -0.05) is 84.9 Å². The Kier molecular flexibility index (Phi) is 10.6. The zero-order chi connectivity index (χ0) is 29.1. The Morgan fingerprint density at radius 3 is 2.05 bits per heavy atom. The SMILES string of the molecule is CCn1nc(Cc2ccccc2)cc1C1CCN(C[C@@H]2CCC(N(C)C(=O)c3ccccc3)C2)CC1.c1ccccc1. The number of nitrogens with zero attached hydrogens (tertiary/aromatic N) is 4. The van der Waals surface area contributed by atoms with Gasteiger partial charge in [0.1, 0.15) is 0 Å². The molecule has 1 unspecified atom stereocenters. The molecule has 2 heterocycles. The summed E-state index contributed by atoms with van der Waals surface area (Å²) in [5.41, 5.74) is 4.73. The molecule has 0 bridgehead atoms. The maximum absolute atomic E-state index is 12.9. The van der Waals surface area contributed by atoms with E-state index in [4.69, 9.17) is 5.10 Å². The van der Waals surface area contributed by atoms with Crippen LogP contribution in [0.15, 0.2) is 103 Å². The van der Waals surface area contributed by atoms with Crippen LogP contribution in [0, 0.1) is 5.92 Å². The van der Waals surface area contributed by atoms with Crippen molar-refractivity contribution in [2.45, 2.75) is 64.0 Å². The van der Waals surface area contributed by atoms with E-state index in [2.05, 4.69) is 52.9 Å². The molecule has 5 nitrogen and oxygen atoms in total. The molecule has 2 aliphatic rings. The number of aromatic nitrogens is 2. The van der Waals surface area contributed by atoms with Crippen LogP contribution in [0.2, 0.25) is 0 Å². The maximum atomic E-state index is 12.9. The predicted molar refractivity (Wildman–Crippen MR) is 172 cm³/mol. The van der Waals surface area contributed by atoms with E-state index < -0.39 is 0 Å². The molecule has 0 spiro atoms. The Morgan fingerprint density at radius 2 is 1.43 bits per heavy atom. The minimum absolute atomic E-state index is 0.154. The number of hydrogen-bond acceptors (Lipinski definition) is 3. The van der Waals surface area contributed by atoms with Gasteiger partial charge < -0.3 is 9.80 Å². The van der Waals surface area contributed by atoms with Gasteiger partial charge in [0.25, 0.3) is 5.91 Å². The van der Waals surface area contributed by atoms with Gasteiger partial charge in [0.05, 0.1) is 5.69 Å². The van der Waals surface area contributed by atoms with Crippen molar-refractivity contribution >= 4 is 5.91 Å². The second-order valence-electron chi connectivity index (χ2n) is 11.9. The lowest BCUT2D eigenvalue weighted by atomic mass is 9.92. The summed E-state index contributed by atoms with van der Waals surface area (Å²) in [4.78, 5) is 17.5. The van der Waals surface area contributed by atoms with Crippen molar-refractivity contribution in [2.75, 3.05) is 26.7 Å². The van der Waals surface area contributed by atoms with Crippen LogP contribution in [-0.2, 0) is 13.0 Å². The monoisotopic (exact) mass is 562 g/mol. The fraction of sp³-hybridized carbons (Fsp3) is 0.405. The predicted octanol–water partition coefficient (Wildman–Crippen LogP) is 7.30. The largest absolute Gasteiger partial charge is 0.339 e. The van der Waals surface area contributed by atoms with E-state index in [1.807, 2.05) is 78.7 Å². The molecule has 0 radical (unpaired) electrons. The molecule has 1 saturated carbocycles. The van der Waals surface area contributed by atoms with E-state index in [0.717, 1.165) is 44.5 Å². The van der Waals surface area contributed by atoms with Crippen LogP contribution in [0.4, 0.5) is 0 Å². The number of aryl methyl sites for hydroxylation is 1. The lowest BCUT2D eigenvalue weighted by Crippen LogP contribution is -2.38. The van der Waals surface area contributed by atoms with E-state index in [1.165, 1.54) is 42.8 Å². The maximum Gasteiger partial charge on any atom is 0.253 e. The van der Waals surface area contributed by atoms with Crippen LogP contribution in [0.25, 0.3) is 0 Å². The summed E-state index contributed by atoms with van der Waals surface area (Å²) in [6, 6.07) is 35.1. The Labute approximate surface area is 252 Å². The summed E-state index contributed by atoms with van der Waals surface area (Å²) >= 11 is 0. The van der Waals surface area contributed by atoms with E-state index in [-0.39, 0.29) is 5.91 Å². The third kappa shape index (κ3) is 7.98. The standard InChI is InChI=1S/C31H40N4O.C6H6/c1-3-35-30(22-28(32-35)20-24-10-6-4-7-11-24)26-16-18-34(19-17-26)23-25-14-15-29(21-25)33(2)31(36)27-12-8-5-9-13-27;1-2-4-6-5-3-1/h4-13,22,25-26,29H,3,14-21,23H2,1-2H3;1-6H/t25-,29?;/m1./s1. The van der Waals surface area contributed by atoms with Crippen molar-refractivity contribution in [3.63, 3.8) is 0 Å². The Balaban J connectivity index is 0.000000524. The van der Waals surface area contributed by atoms with Crippen molar-refractivity contribution in [2.24, 2.45) is 5.92 Å². The van der Waals surface area contributed by atoms with Crippen LogP contribution in [0.1, 0.15) is 72.3 Å². The van der Waals surface area contributed by atoms with Gasteiger partial charge in [-0.15, -0.1) is 0 Å². The summed E-state index contributed by atoms with van der Waals surface area (Å²) < 4.78 is 2.24. The Bertz CT molecular complexity index is 1320. The summed E-state index contributed by atoms with van der Waals surface area (Å²) in [5, 5.41) is 4.93. The van der Waals surface area contributed by atoms with Gasteiger partial charge >= 0.3 is 0 Å². The average molecular weight is 563 g/mol. The molecule has 1 aromatic heterocycles. The second kappa shape index (κ2) is 15.0. The molecule has 1 amide bonds. The number of amides is 1. The molecular formula is C37H46N4O. The topological polar surface area (TPSA) is 41.4 Å². The van der Waals surface area contributed by atoms with Crippen LogP contribution in [0.5, 0.6) is 0 Å². The number of rotatable bonds is 8. The van der Waals surface area contributed by atoms with E-state index >= 15 is 0 Å². The first kappa shape index (κ1) is 29.8. The molecular weight excluding hydrogens is 516 g/mol. The van der Waals surface area contributed by atoms with E-state index in [1.54, 1.807) is 0 Å². The number of carbonyl (C=O) groups is 1. The zero-order valence-corrected chi connectivity index (χ0v) is 25.3. The third-order valence-electron chi connectivity index (χ3n) is 8.98. The molecule has 5 heteroatoms. The molecule has 2 fully saturated rings. The summed E-state index contributed by atoms with van der Waals surface area (Å²) in [6.45, 7) is 6.63. The molecule has 2 atom stereocenters. The normalized spacial score (nSPS) is 19.2. The first-order chi connectivity index (χ1) is 20.6. The smallest absolute Gasteiger partial charge is 0.253 e. The third-order valence-corrected chi connectivity index (χ3v) is 8.98. The van der Waals surface area contributed by atoms with Crippen molar-refractivity contribution < 1.29 is 4.79 Å². The van der Waals surface area contributed by atoms with Crippen LogP contribution in [-0.4, -0.2) is 58.2 Å². The number of carbonyl (C=O) groups excluding carboxylic acids is 1. The summed E-state index contributed by atoms with van der Waals surface area (Å²) in [5.74, 6) is 1.45. The van der Waals surface area contributed by atoms with Gasteiger partial charge in [-0.3, -0.25) is 9.48 Å². The van der Waals surface area contributed by atoms with Gasteiger partial charge in [-0.25, -0.2) is 0 Å². The molecule has 1 aliphatic carbocycles.